The number of sulfonamides is 1. The molecule has 0 saturated heterocycles. The number of nitrogens with two attached hydrogens (primary N) is 1. The lowest BCUT2D eigenvalue weighted by Gasteiger charge is -2.18. The van der Waals surface area contributed by atoms with E-state index in [-0.39, 0.29) is 30.7 Å². The maximum atomic E-state index is 13.0. The topological polar surface area (TPSA) is 188 Å². The van der Waals surface area contributed by atoms with Gasteiger partial charge in [-0.05, 0) is 36.2 Å². The molecule has 17 heteroatoms. The van der Waals surface area contributed by atoms with E-state index in [0.29, 0.717) is 17.7 Å². The number of nitrogens with one attached hydrogen (secondary N) is 3. The number of benzene rings is 2. The molecule has 220 valence electrons. The first-order chi connectivity index (χ1) is 18.8. The highest BCUT2D eigenvalue weighted by molar-refractivity contribution is 7.89. The standard InChI is InChI=1S/C23H27F3N4O9S/c1-35-18-9-8-16(13-19(18)36-2)40(33,34)30-17(20(31)39-21(32)23(24,25)26)12-14-4-6-15(7-5-14)37-10-3-11-38-29-22(27)28/h4-9,13,17,30H,3,10-12H2,1-2H3,(H4,27,28,29)/t17-/m0/s1. The number of hydrogen-bond acceptors (Lipinski definition) is 10. The Morgan fingerprint density at radius 1 is 1.02 bits per heavy atom. The molecule has 5 N–H and O–H groups in total. The maximum Gasteiger partial charge on any atom is 0.491 e. The quantitative estimate of drug-likeness (QED) is 0.0620. The Labute approximate surface area is 227 Å². The highest BCUT2D eigenvalue weighted by atomic mass is 32.2. The van der Waals surface area contributed by atoms with Crippen molar-refractivity contribution >= 4 is 27.9 Å². The molecule has 2 rings (SSSR count). The van der Waals surface area contributed by atoms with Crippen LogP contribution in [0.25, 0.3) is 0 Å². The van der Waals surface area contributed by atoms with Crippen LogP contribution < -0.4 is 30.1 Å². The smallest absolute Gasteiger partial charge is 0.491 e. The predicted octanol–water partition coefficient (Wildman–Crippen LogP) is 1.41. The van der Waals surface area contributed by atoms with E-state index in [1.54, 1.807) is 0 Å². The molecule has 0 aliphatic heterocycles. The summed E-state index contributed by atoms with van der Waals surface area (Å²) in [5.74, 6) is -4.28. The monoisotopic (exact) mass is 592 g/mol. The van der Waals surface area contributed by atoms with Gasteiger partial charge in [-0.25, -0.2) is 23.5 Å². The molecule has 2 aromatic rings. The first kappa shape index (κ1) is 32.1. The van der Waals surface area contributed by atoms with Gasteiger partial charge in [0.1, 0.15) is 11.8 Å². The molecule has 2 aromatic carbocycles. The fourth-order valence-electron chi connectivity index (χ4n) is 3.04. The van der Waals surface area contributed by atoms with Gasteiger partial charge in [-0.2, -0.15) is 17.9 Å². The number of rotatable bonds is 14. The third kappa shape index (κ3) is 9.90. The van der Waals surface area contributed by atoms with Crippen LogP contribution in [0.15, 0.2) is 47.4 Å². The molecule has 0 spiro atoms. The van der Waals surface area contributed by atoms with Crippen molar-refractivity contribution in [3.63, 3.8) is 0 Å². The summed E-state index contributed by atoms with van der Waals surface area (Å²) in [5, 5.41) is 6.96. The zero-order valence-corrected chi connectivity index (χ0v) is 22.1. The molecule has 0 saturated carbocycles. The molecule has 0 radical (unpaired) electrons. The number of ether oxygens (including phenoxy) is 4. The van der Waals surface area contributed by atoms with Gasteiger partial charge in [0.15, 0.2) is 11.5 Å². The summed E-state index contributed by atoms with van der Waals surface area (Å²) in [6.45, 7) is 0.414. The lowest BCUT2D eigenvalue weighted by atomic mass is 10.1. The number of hydroxylamine groups is 1. The van der Waals surface area contributed by atoms with Crippen LogP contribution in [0.4, 0.5) is 13.2 Å². The second-order valence-corrected chi connectivity index (χ2v) is 9.53. The van der Waals surface area contributed by atoms with Gasteiger partial charge in [-0.3, -0.25) is 10.2 Å². The van der Waals surface area contributed by atoms with Crippen LogP contribution in [0.1, 0.15) is 12.0 Å². The molecule has 13 nitrogen and oxygen atoms in total. The van der Waals surface area contributed by atoms with Crippen LogP contribution >= 0.6 is 0 Å². The summed E-state index contributed by atoms with van der Waals surface area (Å²) in [6.07, 6.45) is -5.52. The number of carbonyl (C=O) groups is 2. The van der Waals surface area contributed by atoms with E-state index < -0.39 is 45.5 Å². The van der Waals surface area contributed by atoms with Crippen molar-refractivity contribution in [2.75, 3.05) is 27.4 Å². The number of alkyl halides is 3. The molecular formula is C23H27F3N4O9S. The molecule has 0 aromatic heterocycles. The van der Waals surface area contributed by atoms with Crippen molar-refractivity contribution in [3.05, 3.63) is 48.0 Å². The number of carbonyl (C=O) groups excluding carboxylic acids is 2. The molecule has 0 aliphatic carbocycles. The zero-order valence-electron chi connectivity index (χ0n) is 21.2. The molecule has 0 fully saturated rings. The fraction of sp³-hybridized carbons (Fsp3) is 0.348. The first-order valence-electron chi connectivity index (χ1n) is 11.3. The summed E-state index contributed by atoms with van der Waals surface area (Å²) in [7, 11) is -1.94. The minimum atomic E-state index is -5.48. The van der Waals surface area contributed by atoms with E-state index in [0.717, 1.165) is 12.1 Å². The van der Waals surface area contributed by atoms with Crippen LogP contribution in [0.5, 0.6) is 17.2 Å². The second kappa shape index (κ2) is 14.3. The molecule has 1 atom stereocenters. The molecule has 0 bridgehead atoms. The Bertz CT molecular complexity index is 1290. The number of halogens is 3. The number of hydrogen-bond donors (Lipinski definition) is 4. The van der Waals surface area contributed by atoms with Gasteiger partial charge in [-0.1, -0.05) is 12.1 Å². The average molecular weight is 593 g/mol. The fourth-order valence-corrected chi connectivity index (χ4v) is 4.24. The normalized spacial score (nSPS) is 12.2. The van der Waals surface area contributed by atoms with E-state index in [9.17, 15) is 31.2 Å². The van der Waals surface area contributed by atoms with E-state index in [1.807, 2.05) is 4.72 Å². The SMILES string of the molecule is COc1ccc(S(=O)(=O)N[C@@H](Cc2ccc(OCCCONC(=N)N)cc2)C(=O)OC(=O)C(F)(F)F)cc1OC. The Morgan fingerprint density at radius 3 is 2.25 bits per heavy atom. The largest absolute Gasteiger partial charge is 0.494 e. The van der Waals surface area contributed by atoms with Gasteiger partial charge < -0.3 is 24.7 Å². The molecule has 0 amide bonds. The van der Waals surface area contributed by atoms with Gasteiger partial charge in [0.2, 0.25) is 16.0 Å². The van der Waals surface area contributed by atoms with Crippen molar-refractivity contribution in [3.8, 4) is 17.2 Å². The van der Waals surface area contributed by atoms with Crippen LogP contribution in [0.2, 0.25) is 0 Å². The van der Waals surface area contributed by atoms with Crippen molar-refractivity contribution in [1.29, 1.82) is 5.41 Å². The highest BCUT2D eigenvalue weighted by Gasteiger charge is 2.44. The van der Waals surface area contributed by atoms with Gasteiger partial charge in [0.25, 0.3) is 0 Å². The second-order valence-electron chi connectivity index (χ2n) is 7.81. The van der Waals surface area contributed by atoms with Gasteiger partial charge >= 0.3 is 18.1 Å². The Balaban J connectivity index is 2.18. The van der Waals surface area contributed by atoms with Crippen LogP contribution in [0, 0.1) is 5.41 Å². The van der Waals surface area contributed by atoms with Gasteiger partial charge in [0, 0.05) is 12.5 Å². The van der Waals surface area contributed by atoms with Crippen LogP contribution in [-0.4, -0.2) is 66.0 Å². The van der Waals surface area contributed by atoms with Gasteiger partial charge in [-0.15, -0.1) is 0 Å². The Morgan fingerprint density at radius 2 is 1.68 bits per heavy atom. The molecule has 0 heterocycles. The van der Waals surface area contributed by atoms with E-state index in [1.165, 1.54) is 44.6 Å². The highest BCUT2D eigenvalue weighted by Crippen LogP contribution is 2.29. The summed E-state index contributed by atoms with van der Waals surface area (Å²) in [5.41, 5.74) is 7.53. The predicted molar refractivity (Wildman–Crippen MR) is 132 cm³/mol. The third-order valence-electron chi connectivity index (χ3n) is 4.88. The summed E-state index contributed by atoms with van der Waals surface area (Å²) in [6, 6.07) is 7.42. The molecule has 40 heavy (non-hydrogen) atoms. The Kier molecular flexibility index (Phi) is 11.5. The number of methoxy groups -OCH3 is 2. The molecule has 0 aliphatic rings. The van der Waals surface area contributed by atoms with E-state index in [2.05, 4.69) is 10.2 Å². The minimum absolute atomic E-state index is 0.0361. The summed E-state index contributed by atoms with van der Waals surface area (Å²) in [4.78, 5) is 28.2. The summed E-state index contributed by atoms with van der Waals surface area (Å²) >= 11 is 0. The molecule has 0 unspecified atom stereocenters. The van der Waals surface area contributed by atoms with Crippen molar-refractivity contribution in [2.45, 2.75) is 30.0 Å². The lowest BCUT2D eigenvalue weighted by Crippen LogP contribution is -2.45. The first-order valence-corrected chi connectivity index (χ1v) is 12.8. The molecular weight excluding hydrogens is 565 g/mol. The van der Waals surface area contributed by atoms with Crippen LogP contribution in [0.3, 0.4) is 0 Å². The van der Waals surface area contributed by atoms with Crippen LogP contribution in [-0.2, 0) is 35.6 Å². The van der Waals surface area contributed by atoms with Gasteiger partial charge in [0.05, 0.1) is 32.3 Å². The Hall–Kier alpha value is -4.09. The van der Waals surface area contributed by atoms with Crippen molar-refractivity contribution in [1.82, 2.24) is 10.2 Å². The number of guanidine groups is 1. The lowest BCUT2D eigenvalue weighted by molar-refractivity contribution is -0.202. The zero-order chi connectivity index (χ0) is 29.9. The third-order valence-corrected chi connectivity index (χ3v) is 6.35. The maximum absolute atomic E-state index is 13.0. The minimum Gasteiger partial charge on any atom is -0.494 e. The number of esters is 2. The van der Waals surface area contributed by atoms with E-state index >= 15 is 0 Å². The van der Waals surface area contributed by atoms with Crippen molar-refractivity contribution in [2.24, 2.45) is 5.73 Å². The average Bonchev–Trinajstić information content (AvgIpc) is 2.89. The van der Waals surface area contributed by atoms with E-state index in [4.69, 9.17) is 30.2 Å². The summed E-state index contributed by atoms with van der Waals surface area (Å²) < 4.78 is 85.5. The van der Waals surface area contributed by atoms with Crippen molar-refractivity contribution < 1.29 is 55.0 Å².